The Morgan fingerprint density at radius 2 is 2.04 bits per heavy atom. The lowest BCUT2D eigenvalue weighted by molar-refractivity contribution is -0.123. The molecule has 0 saturated heterocycles. The van der Waals surface area contributed by atoms with E-state index in [0.29, 0.717) is 11.5 Å². The first kappa shape index (κ1) is 16.5. The first-order valence-electron chi connectivity index (χ1n) is 7.39. The van der Waals surface area contributed by atoms with Gasteiger partial charge in [0.2, 0.25) is 0 Å². The van der Waals surface area contributed by atoms with E-state index in [-0.39, 0.29) is 12.5 Å². The Morgan fingerprint density at radius 1 is 1.22 bits per heavy atom. The summed E-state index contributed by atoms with van der Waals surface area (Å²) in [6, 6.07) is 15.1. The molecule has 2 rings (SSSR count). The molecule has 1 N–H and O–H groups in total. The van der Waals surface area contributed by atoms with Gasteiger partial charge >= 0.3 is 0 Å². The topological polar surface area (TPSA) is 59.9 Å². The molecule has 5 heteroatoms. The maximum Gasteiger partial charge on any atom is 0.277 e. The van der Waals surface area contributed by atoms with Crippen LogP contribution in [0.5, 0.6) is 11.5 Å². The minimum Gasteiger partial charge on any atom is -0.496 e. The van der Waals surface area contributed by atoms with Crippen LogP contribution < -0.4 is 14.9 Å². The molecule has 120 valence electrons. The van der Waals surface area contributed by atoms with Gasteiger partial charge in [-0.25, -0.2) is 5.43 Å². The summed E-state index contributed by atoms with van der Waals surface area (Å²) in [6.07, 6.45) is 2.46. The number of carbonyl (C=O) groups excluding carboxylic acids is 1. The number of carbonyl (C=O) groups is 1. The summed E-state index contributed by atoms with van der Waals surface area (Å²) in [6.45, 7) is 1.98. The van der Waals surface area contributed by atoms with Gasteiger partial charge in [-0.3, -0.25) is 4.79 Å². The molecular weight excluding hydrogens is 292 g/mol. The minimum atomic E-state index is -0.321. The van der Waals surface area contributed by atoms with Gasteiger partial charge in [0, 0.05) is 5.56 Å². The van der Waals surface area contributed by atoms with E-state index in [1.54, 1.807) is 7.11 Å². The van der Waals surface area contributed by atoms with E-state index in [4.69, 9.17) is 9.47 Å². The highest BCUT2D eigenvalue weighted by molar-refractivity contribution is 5.85. The molecular formula is C18H20N2O3. The summed E-state index contributed by atoms with van der Waals surface area (Å²) in [5.74, 6) is 1.05. The number of nitrogens with one attached hydrogen (secondary N) is 1. The SMILES string of the molecule is CCc1cccc(OCC(=O)N/N=C/c2ccccc2OC)c1. The number of methoxy groups -OCH3 is 1. The van der Waals surface area contributed by atoms with Crippen LogP contribution in [0.1, 0.15) is 18.1 Å². The maximum atomic E-state index is 11.7. The highest BCUT2D eigenvalue weighted by Crippen LogP contribution is 2.15. The highest BCUT2D eigenvalue weighted by atomic mass is 16.5. The lowest BCUT2D eigenvalue weighted by Crippen LogP contribution is -2.24. The Balaban J connectivity index is 1.84. The van der Waals surface area contributed by atoms with E-state index >= 15 is 0 Å². The number of ether oxygens (including phenoxy) is 2. The monoisotopic (exact) mass is 312 g/mol. The van der Waals surface area contributed by atoms with Crippen LogP contribution in [0.15, 0.2) is 53.6 Å². The van der Waals surface area contributed by atoms with Gasteiger partial charge in [0.1, 0.15) is 11.5 Å². The lowest BCUT2D eigenvalue weighted by atomic mass is 10.2. The third-order valence-electron chi connectivity index (χ3n) is 3.21. The lowest BCUT2D eigenvalue weighted by Gasteiger charge is -2.06. The molecule has 1 amide bonds. The van der Waals surface area contributed by atoms with Gasteiger partial charge in [-0.2, -0.15) is 5.10 Å². The minimum absolute atomic E-state index is 0.0869. The average molecular weight is 312 g/mol. The number of hydrazone groups is 1. The standard InChI is InChI=1S/C18H20N2O3/c1-3-14-7-6-9-16(11-14)23-13-18(21)20-19-12-15-8-4-5-10-17(15)22-2/h4-12H,3,13H2,1-2H3,(H,20,21)/b19-12+. The molecule has 0 unspecified atom stereocenters. The summed E-state index contributed by atoms with van der Waals surface area (Å²) in [7, 11) is 1.59. The average Bonchev–Trinajstić information content (AvgIpc) is 2.60. The van der Waals surface area contributed by atoms with Gasteiger partial charge in [-0.05, 0) is 36.2 Å². The third-order valence-corrected chi connectivity index (χ3v) is 3.21. The Hall–Kier alpha value is -2.82. The van der Waals surface area contributed by atoms with E-state index in [2.05, 4.69) is 17.5 Å². The van der Waals surface area contributed by atoms with Gasteiger partial charge in [-0.1, -0.05) is 31.2 Å². The zero-order valence-electron chi connectivity index (χ0n) is 13.3. The van der Waals surface area contributed by atoms with Gasteiger partial charge in [0.15, 0.2) is 6.61 Å². The Bertz CT molecular complexity index is 683. The van der Waals surface area contributed by atoms with Crippen molar-refractivity contribution < 1.29 is 14.3 Å². The Labute approximate surface area is 135 Å². The molecule has 0 fully saturated rings. The van der Waals surface area contributed by atoms with E-state index in [1.807, 2.05) is 48.5 Å². The second-order valence-electron chi connectivity index (χ2n) is 4.82. The molecule has 2 aromatic rings. The molecule has 0 atom stereocenters. The quantitative estimate of drug-likeness (QED) is 0.632. The van der Waals surface area contributed by atoms with Crippen molar-refractivity contribution in [2.75, 3.05) is 13.7 Å². The van der Waals surface area contributed by atoms with Crippen LogP contribution in [-0.4, -0.2) is 25.8 Å². The van der Waals surface area contributed by atoms with Gasteiger partial charge < -0.3 is 9.47 Å². The fourth-order valence-corrected chi connectivity index (χ4v) is 1.98. The van der Waals surface area contributed by atoms with Crippen molar-refractivity contribution in [3.63, 3.8) is 0 Å². The van der Waals surface area contributed by atoms with Gasteiger partial charge in [0.25, 0.3) is 5.91 Å². The van der Waals surface area contributed by atoms with Crippen molar-refractivity contribution in [3.8, 4) is 11.5 Å². The Kier molecular flexibility index (Phi) is 6.17. The van der Waals surface area contributed by atoms with Crippen LogP contribution in [0.2, 0.25) is 0 Å². The molecule has 2 aromatic carbocycles. The molecule has 0 saturated carbocycles. The van der Waals surface area contributed by atoms with E-state index < -0.39 is 0 Å². The maximum absolute atomic E-state index is 11.7. The predicted octanol–water partition coefficient (Wildman–Crippen LogP) is 2.79. The molecule has 0 bridgehead atoms. The zero-order valence-corrected chi connectivity index (χ0v) is 13.3. The predicted molar refractivity (Wildman–Crippen MR) is 90.0 cm³/mol. The van der Waals surface area contributed by atoms with Crippen LogP contribution in [0.3, 0.4) is 0 Å². The van der Waals surface area contributed by atoms with E-state index in [9.17, 15) is 4.79 Å². The Morgan fingerprint density at radius 3 is 2.83 bits per heavy atom. The molecule has 0 aromatic heterocycles. The third kappa shape index (κ3) is 5.14. The number of hydrogen-bond acceptors (Lipinski definition) is 4. The molecule has 0 aliphatic carbocycles. The molecule has 0 radical (unpaired) electrons. The van der Waals surface area contributed by atoms with Crippen LogP contribution in [0.25, 0.3) is 0 Å². The molecule has 0 spiro atoms. The highest BCUT2D eigenvalue weighted by Gasteiger charge is 2.02. The fourth-order valence-electron chi connectivity index (χ4n) is 1.98. The number of benzene rings is 2. The number of rotatable bonds is 7. The van der Waals surface area contributed by atoms with Crippen LogP contribution >= 0.6 is 0 Å². The number of aryl methyl sites for hydroxylation is 1. The van der Waals surface area contributed by atoms with Crippen LogP contribution in [-0.2, 0) is 11.2 Å². The molecule has 0 heterocycles. The van der Waals surface area contributed by atoms with Crippen molar-refractivity contribution >= 4 is 12.1 Å². The van der Waals surface area contributed by atoms with E-state index in [1.165, 1.54) is 6.21 Å². The first-order chi connectivity index (χ1) is 11.2. The zero-order chi connectivity index (χ0) is 16.5. The summed E-state index contributed by atoms with van der Waals surface area (Å²) in [5.41, 5.74) is 4.38. The molecule has 23 heavy (non-hydrogen) atoms. The summed E-state index contributed by atoms with van der Waals surface area (Å²) >= 11 is 0. The summed E-state index contributed by atoms with van der Waals surface area (Å²) in [4.78, 5) is 11.7. The summed E-state index contributed by atoms with van der Waals surface area (Å²) in [5, 5.41) is 3.91. The number of amides is 1. The molecule has 0 aliphatic rings. The second kappa shape index (κ2) is 8.58. The largest absolute Gasteiger partial charge is 0.496 e. The second-order valence-corrected chi connectivity index (χ2v) is 4.82. The number of hydrogen-bond donors (Lipinski definition) is 1. The first-order valence-corrected chi connectivity index (χ1v) is 7.39. The van der Waals surface area contributed by atoms with E-state index in [0.717, 1.165) is 17.5 Å². The van der Waals surface area contributed by atoms with Crippen molar-refractivity contribution in [3.05, 3.63) is 59.7 Å². The van der Waals surface area contributed by atoms with Gasteiger partial charge in [-0.15, -0.1) is 0 Å². The van der Waals surface area contributed by atoms with Crippen molar-refractivity contribution in [1.82, 2.24) is 5.43 Å². The normalized spacial score (nSPS) is 10.5. The van der Waals surface area contributed by atoms with Gasteiger partial charge in [0.05, 0.1) is 13.3 Å². The summed E-state index contributed by atoms with van der Waals surface area (Å²) < 4.78 is 10.6. The molecule has 0 aliphatic heterocycles. The molecule has 5 nitrogen and oxygen atoms in total. The van der Waals surface area contributed by atoms with Crippen LogP contribution in [0.4, 0.5) is 0 Å². The van der Waals surface area contributed by atoms with Crippen LogP contribution in [0, 0.1) is 0 Å². The van der Waals surface area contributed by atoms with Crippen molar-refractivity contribution in [2.24, 2.45) is 5.10 Å². The number of nitrogens with zero attached hydrogens (tertiary/aromatic N) is 1. The van der Waals surface area contributed by atoms with Crippen molar-refractivity contribution in [1.29, 1.82) is 0 Å². The van der Waals surface area contributed by atoms with Crippen molar-refractivity contribution in [2.45, 2.75) is 13.3 Å². The fraction of sp³-hybridized carbons (Fsp3) is 0.222. The smallest absolute Gasteiger partial charge is 0.277 e. The number of para-hydroxylation sites is 1.